The lowest BCUT2D eigenvalue weighted by atomic mass is 10.1. The van der Waals surface area contributed by atoms with Crippen LogP contribution < -0.4 is 0 Å². The van der Waals surface area contributed by atoms with Gasteiger partial charge < -0.3 is 4.74 Å². The molecule has 0 saturated carbocycles. The summed E-state index contributed by atoms with van der Waals surface area (Å²) >= 11 is 3.63. The highest BCUT2D eigenvalue weighted by molar-refractivity contribution is 9.10. The minimum absolute atomic E-state index is 0.632. The molecule has 102 valence electrons. The monoisotopic (exact) mass is 313 g/mol. The Balaban J connectivity index is 2.74. The first-order chi connectivity index (χ1) is 8.72. The highest BCUT2D eigenvalue weighted by Gasteiger charge is 2.15. The third-order valence-electron chi connectivity index (χ3n) is 3.37. The second-order valence-electron chi connectivity index (χ2n) is 4.53. The van der Waals surface area contributed by atoms with Crippen LogP contribution in [0.25, 0.3) is 0 Å². The van der Waals surface area contributed by atoms with Crippen LogP contribution in [0.3, 0.4) is 0 Å². The third-order valence-corrected chi connectivity index (χ3v) is 4.15. The topological polar surface area (TPSA) is 12.5 Å². The molecule has 1 rings (SSSR count). The number of nitrogens with zero attached hydrogens (tertiary/aromatic N) is 1. The van der Waals surface area contributed by atoms with Crippen molar-refractivity contribution in [2.45, 2.75) is 39.3 Å². The first-order valence-corrected chi connectivity index (χ1v) is 7.48. The van der Waals surface area contributed by atoms with Crippen LogP contribution in [0.5, 0.6) is 0 Å². The summed E-state index contributed by atoms with van der Waals surface area (Å²) in [5.74, 6) is 0. The van der Waals surface area contributed by atoms with Crippen LogP contribution in [0.15, 0.2) is 28.7 Å². The summed E-state index contributed by atoms with van der Waals surface area (Å²) in [6.07, 6.45) is 2.37. The minimum atomic E-state index is 0.632. The van der Waals surface area contributed by atoms with Crippen molar-refractivity contribution in [1.29, 1.82) is 0 Å². The van der Waals surface area contributed by atoms with Gasteiger partial charge in [-0.3, -0.25) is 4.90 Å². The van der Waals surface area contributed by atoms with Gasteiger partial charge in [0.1, 0.15) is 0 Å². The van der Waals surface area contributed by atoms with Gasteiger partial charge in [-0.15, -0.1) is 0 Å². The van der Waals surface area contributed by atoms with Gasteiger partial charge in [-0.1, -0.05) is 48.0 Å². The molecule has 3 heteroatoms. The summed E-state index contributed by atoms with van der Waals surface area (Å²) in [5.41, 5.74) is 1.35. The Morgan fingerprint density at radius 1 is 1.22 bits per heavy atom. The van der Waals surface area contributed by atoms with Gasteiger partial charge in [0.2, 0.25) is 0 Å². The second kappa shape index (κ2) is 8.68. The lowest BCUT2D eigenvalue weighted by molar-refractivity contribution is 0.110. The molecule has 2 nitrogen and oxygen atoms in total. The summed E-state index contributed by atoms with van der Waals surface area (Å²) < 4.78 is 6.42. The molecule has 0 unspecified atom stereocenters. The fraction of sp³-hybridized carbons (Fsp3) is 0.600. The molecule has 0 saturated heterocycles. The Labute approximate surface area is 119 Å². The smallest absolute Gasteiger partial charge is 0.0589 e. The van der Waals surface area contributed by atoms with E-state index in [2.05, 4.69) is 58.9 Å². The Morgan fingerprint density at radius 3 is 2.44 bits per heavy atom. The number of rotatable bonds is 8. The zero-order chi connectivity index (χ0) is 13.4. The molecule has 18 heavy (non-hydrogen) atoms. The van der Waals surface area contributed by atoms with E-state index in [1.807, 2.05) is 0 Å². The predicted octanol–water partition coefficient (Wildman–Crippen LogP) is 4.09. The summed E-state index contributed by atoms with van der Waals surface area (Å²) in [5, 5.41) is 0. The summed E-state index contributed by atoms with van der Waals surface area (Å²) in [6.45, 7) is 7.28. The van der Waals surface area contributed by atoms with Crippen LogP contribution in [0, 0.1) is 0 Å². The number of ether oxygens (including phenoxy) is 1. The fourth-order valence-electron chi connectivity index (χ4n) is 2.25. The Bertz CT molecular complexity index is 339. The van der Waals surface area contributed by atoms with E-state index < -0.39 is 0 Å². The molecule has 1 aromatic rings. The number of halogens is 1. The van der Waals surface area contributed by atoms with E-state index in [4.69, 9.17) is 4.74 Å². The second-order valence-corrected chi connectivity index (χ2v) is 5.38. The van der Waals surface area contributed by atoms with Crippen LogP contribution in [0.1, 0.15) is 32.3 Å². The van der Waals surface area contributed by atoms with Gasteiger partial charge in [0.05, 0.1) is 6.61 Å². The highest BCUT2D eigenvalue weighted by Crippen LogP contribution is 2.20. The maximum absolute atomic E-state index is 5.23. The quantitative estimate of drug-likeness (QED) is 0.717. The number of hydrogen-bond donors (Lipinski definition) is 0. The largest absolute Gasteiger partial charge is 0.383 e. The molecule has 1 aromatic carbocycles. The molecule has 0 bridgehead atoms. The third kappa shape index (κ3) is 4.71. The Morgan fingerprint density at radius 2 is 1.89 bits per heavy atom. The highest BCUT2D eigenvalue weighted by atomic mass is 79.9. The number of hydrogen-bond acceptors (Lipinski definition) is 2. The summed E-state index contributed by atoms with van der Waals surface area (Å²) in [7, 11) is 1.77. The maximum Gasteiger partial charge on any atom is 0.0589 e. The normalized spacial score (nSPS) is 11.4. The van der Waals surface area contributed by atoms with Gasteiger partial charge >= 0.3 is 0 Å². The molecule has 0 atom stereocenters. The van der Waals surface area contributed by atoms with E-state index in [-0.39, 0.29) is 0 Å². The molecular formula is C15H24BrNO. The fourth-order valence-corrected chi connectivity index (χ4v) is 2.66. The minimum Gasteiger partial charge on any atom is -0.383 e. The average molecular weight is 314 g/mol. The van der Waals surface area contributed by atoms with Crippen LogP contribution in [0.4, 0.5) is 0 Å². The molecule has 0 N–H and O–H groups in total. The standard InChI is InChI=1S/C15H24BrNO/c1-4-14(5-2)17(10-11-18-3)12-13-8-6-7-9-15(13)16/h6-9,14H,4-5,10-12H2,1-3H3. The van der Waals surface area contributed by atoms with E-state index >= 15 is 0 Å². The Hall–Kier alpha value is -0.380. The van der Waals surface area contributed by atoms with Crippen LogP contribution in [-0.2, 0) is 11.3 Å². The van der Waals surface area contributed by atoms with Crippen molar-refractivity contribution in [3.8, 4) is 0 Å². The van der Waals surface area contributed by atoms with Crippen LogP contribution >= 0.6 is 15.9 Å². The van der Waals surface area contributed by atoms with E-state index in [0.29, 0.717) is 6.04 Å². The van der Waals surface area contributed by atoms with E-state index in [1.54, 1.807) is 7.11 Å². The van der Waals surface area contributed by atoms with Crippen molar-refractivity contribution in [3.63, 3.8) is 0 Å². The van der Waals surface area contributed by atoms with Crippen molar-refractivity contribution in [1.82, 2.24) is 4.90 Å². The first kappa shape index (κ1) is 15.7. The molecular weight excluding hydrogens is 290 g/mol. The van der Waals surface area contributed by atoms with Crippen molar-refractivity contribution in [2.75, 3.05) is 20.3 Å². The SMILES string of the molecule is CCC(CC)N(CCOC)Cc1ccccc1Br. The van der Waals surface area contributed by atoms with Crippen molar-refractivity contribution >= 4 is 15.9 Å². The molecule has 0 amide bonds. The maximum atomic E-state index is 5.23. The van der Waals surface area contributed by atoms with Gasteiger partial charge in [-0.25, -0.2) is 0 Å². The molecule has 0 aromatic heterocycles. The Kier molecular flexibility index (Phi) is 7.56. The lowest BCUT2D eigenvalue weighted by Gasteiger charge is -2.30. The zero-order valence-electron chi connectivity index (χ0n) is 11.7. The zero-order valence-corrected chi connectivity index (χ0v) is 13.2. The van der Waals surface area contributed by atoms with Crippen LogP contribution in [-0.4, -0.2) is 31.2 Å². The molecule has 0 heterocycles. The predicted molar refractivity (Wildman–Crippen MR) is 80.8 cm³/mol. The first-order valence-electron chi connectivity index (χ1n) is 6.69. The lowest BCUT2D eigenvalue weighted by Crippen LogP contribution is -2.36. The number of benzene rings is 1. The summed E-state index contributed by atoms with van der Waals surface area (Å²) in [4.78, 5) is 2.52. The number of methoxy groups -OCH3 is 1. The van der Waals surface area contributed by atoms with Crippen molar-refractivity contribution in [3.05, 3.63) is 34.3 Å². The van der Waals surface area contributed by atoms with E-state index in [1.165, 1.54) is 22.9 Å². The van der Waals surface area contributed by atoms with Crippen molar-refractivity contribution in [2.24, 2.45) is 0 Å². The molecule has 0 radical (unpaired) electrons. The van der Waals surface area contributed by atoms with E-state index in [9.17, 15) is 0 Å². The molecule has 0 aliphatic carbocycles. The summed E-state index contributed by atoms with van der Waals surface area (Å²) in [6, 6.07) is 9.08. The van der Waals surface area contributed by atoms with Crippen LogP contribution in [0.2, 0.25) is 0 Å². The van der Waals surface area contributed by atoms with Gasteiger partial charge in [0.25, 0.3) is 0 Å². The van der Waals surface area contributed by atoms with E-state index in [0.717, 1.165) is 19.7 Å². The van der Waals surface area contributed by atoms with Gasteiger partial charge in [0.15, 0.2) is 0 Å². The van der Waals surface area contributed by atoms with Gasteiger partial charge in [0, 0.05) is 30.7 Å². The molecule has 0 fully saturated rings. The molecule has 0 aliphatic rings. The van der Waals surface area contributed by atoms with Gasteiger partial charge in [-0.2, -0.15) is 0 Å². The molecule has 0 aliphatic heterocycles. The van der Waals surface area contributed by atoms with Crippen molar-refractivity contribution < 1.29 is 4.74 Å². The average Bonchev–Trinajstić information content (AvgIpc) is 2.39. The van der Waals surface area contributed by atoms with Gasteiger partial charge in [-0.05, 0) is 24.5 Å². The molecule has 0 spiro atoms.